The molecule has 1 saturated heterocycles. The third-order valence-electron chi connectivity index (χ3n) is 6.13. The smallest absolute Gasteiger partial charge is 0.347 e. The van der Waals surface area contributed by atoms with Crippen LogP contribution in [0.5, 0.6) is 5.75 Å². The Morgan fingerprint density at radius 1 is 1.03 bits per heavy atom. The minimum absolute atomic E-state index is 0.104. The third-order valence-corrected chi connectivity index (χ3v) is 6.68. The molecule has 7 heteroatoms. The van der Waals surface area contributed by atoms with Crippen LogP contribution in [0.2, 0.25) is 10.0 Å². The monoisotopic (exact) mass is 512 g/mol. The number of nitrogens with zero attached hydrogens (tertiary/aromatic N) is 2. The van der Waals surface area contributed by atoms with Crippen LogP contribution in [0.15, 0.2) is 72.8 Å². The molecule has 1 heterocycles. The fourth-order valence-electron chi connectivity index (χ4n) is 4.39. The molecule has 0 aromatic heterocycles. The number of rotatable bonds is 8. The Labute approximate surface area is 217 Å². The Morgan fingerprint density at radius 2 is 1.77 bits per heavy atom. The van der Waals surface area contributed by atoms with Crippen LogP contribution in [0.4, 0.5) is 5.69 Å². The van der Waals surface area contributed by atoms with Gasteiger partial charge in [-0.05, 0) is 49.2 Å². The molecule has 1 fully saturated rings. The minimum Gasteiger partial charge on any atom is -0.479 e. The van der Waals surface area contributed by atoms with Crippen LogP contribution in [0.3, 0.4) is 0 Å². The Balaban J connectivity index is 1.56. The van der Waals surface area contributed by atoms with Crippen molar-refractivity contribution in [3.8, 4) is 5.75 Å². The average Bonchev–Trinajstić information content (AvgIpc) is 2.86. The van der Waals surface area contributed by atoms with Gasteiger partial charge in [0.05, 0.1) is 23.4 Å². The number of anilines is 1. The van der Waals surface area contributed by atoms with E-state index in [4.69, 9.17) is 32.7 Å². The molecule has 0 spiro atoms. The summed E-state index contributed by atoms with van der Waals surface area (Å²) in [6.07, 6.45) is -0.708. The first-order valence-electron chi connectivity index (χ1n) is 11.9. The van der Waals surface area contributed by atoms with E-state index in [9.17, 15) is 4.79 Å². The van der Waals surface area contributed by atoms with E-state index in [1.165, 1.54) is 11.1 Å². The Kier molecular flexibility index (Phi) is 8.55. The van der Waals surface area contributed by atoms with Gasteiger partial charge in [0.2, 0.25) is 0 Å². The first-order chi connectivity index (χ1) is 16.9. The first-order valence-corrected chi connectivity index (χ1v) is 12.6. The van der Waals surface area contributed by atoms with E-state index in [0.717, 1.165) is 31.9 Å². The summed E-state index contributed by atoms with van der Waals surface area (Å²) in [7, 11) is 0. The lowest BCUT2D eigenvalue weighted by Crippen LogP contribution is -2.48. The Bertz CT molecular complexity index is 1120. The van der Waals surface area contributed by atoms with Crippen LogP contribution in [-0.2, 0) is 16.1 Å². The summed E-state index contributed by atoms with van der Waals surface area (Å²) in [5, 5.41) is 1.29. The summed E-state index contributed by atoms with van der Waals surface area (Å²) in [5.41, 5.74) is 3.41. The lowest BCUT2D eigenvalue weighted by atomic mass is 10.0. The van der Waals surface area contributed by atoms with Gasteiger partial charge in [0.1, 0.15) is 5.75 Å². The number of benzene rings is 3. The van der Waals surface area contributed by atoms with E-state index >= 15 is 0 Å². The normalized spacial score (nSPS) is 17.1. The number of carbonyl (C=O) groups excluding carboxylic acids is 1. The molecule has 0 N–H and O–H groups in total. The first kappa shape index (κ1) is 25.4. The number of halogens is 2. The van der Waals surface area contributed by atoms with Crippen LogP contribution in [0.25, 0.3) is 0 Å². The van der Waals surface area contributed by atoms with Gasteiger partial charge in [0, 0.05) is 37.3 Å². The lowest BCUT2D eigenvalue weighted by Gasteiger charge is -2.43. The van der Waals surface area contributed by atoms with E-state index in [1.807, 2.05) is 30.3 Å². The number of esters is 1. The summed E-state index contributed by atoms with van der Waals surface area (Å²) in [4.78, 5) is 16.7. The molecule has 0 saturated carbocycles. The minimum atomic E-state index is -0.708. The van der Waals surface area contributed by atoms with E-state index in [-0.39, 0.29) is 6.04 Å². The highest BCUT2D eigenvalue weighted by molar-refractivity contribution is 6.33. The molecule has 0 radical (unpaired) electrons. The third kappa shape index (κ3) is 6.49. The number of piperazine rings is 1. The molecule has 3 aromatic rings. The van der Waals surface area contributed by atoms with Crippen LogP contribution in [-0.4, -0.2) is 43.2 Å². The van der Waals surface area contributed by atoms with Crippen molar-refractivity contribution in [2.24, 2.45) is 0 Å². The maximum atomic E-state index is 11.9. The van der Waals surface area contributed by atoms with Gasteiger partial charge in [0.15, 0.2) is 6.10 Å². The summed E-state index contributed by atoms with van der Waals surface area (Å²) in [5.74, 6) is 0.134. The molecule has 35 heavy (non-hydrogen) atoms. The molecule has 4 rings (SSSR count). The highest BCUT2D eigenvalue weighted by Crippen LogP contribution is 2.37. The predicted octanol–water partition coefficient (Wildman–Crippen LogP) is 6.39. The summed E-state index contributed by atoms with van der Waals surface area (Å²) in [6, 6.07) is 24.2. The van der Waals surface area contributed by atoms with Crippen LogP contribution >= 0.6 is 23.2 Å². The van der Waals surface area contributed by atoms with Gasteiger partial charge in [-0.1, -0.05) is 65.7 Å². The standard InChI is InChI=1S/C28H30Cl2N2O3/c1-3-34-28(33)20(2)35-24-13-14-26(25(30)17-24)32-16-15-31(18-21-7-5-4-6-8-21)19-27(32)22-9-11-23(29)12-10-22/h4-14,17,20,27H,3,15-16,18-19H2,1-2H3/t20-,27+/m1/s1. The number of hydrogen-bond donors (Lipinski definition) is 0. The van der Waals surface area contributed by atoms with Gasteiger partial charge >= 0.3 is 5.97 Å². The second-order valence-corrected chi connectivity index (χ2v) is 9.45. The quantitative estimate of drug-likeness (QED) is 0.327. The van der Waals surface area contributed by atoms with Gasteiger partial charge in [-0.15, -0.1) is 0 Å². The van der Waals surface area contributed by atoms with Crippen LogP contribution < -0.4 is 9.64 Å². The molecule has 0 amide bonds. The van der Waals surface area contributed by atoms with Crippen LogP contribution in [0.1, 0.15) is 31.0 Å². The lowest BCUT2D eigenvalue weighted by molar-refractivity contribution is -0.150. The topological polar surface area (TPSA) is 42.0 Å². The molecular weight excluding hydrogens is 483 g/mol. The predicted molar refractivity (Wildman–Crippen MR) is 141 cm³/mol. The highest BCUT2D eigenvalue weighted by atomic mass is 35.5. The van der Waals surface area contributed by atoms with E-state index in [2.05, 4.69) is 46.2 Å². The van der Waals surface area contributed by atoms with Crippen molar-refractivity contribution < 1.29 is 14.3 Å². The SMILES string of the molecule is CCOC(=O)[C@@H](C)Oc1ccc(N2CCN(Cc3ccccc3)C[C@H]2c2ccc(Cl)cc2)c(Cl)c1. The number of hydrogen-bond acceptors (Lipinski definition) is 5. The van der Waals surface area contributed by atoms with Gasteiger partial charge in [-0.25, -0.2) is 4.79 Å². The maximum Gasteiger partial charge on any atom is 0.347 e. The van der Waals surface area contributed by atoms with Crippen molar-refractivity contribution in [3.05, 3.63) is 94.0 Å². The molecular formula is C28H30Cl2N2O3. The van der Waals surface area contributed by atoms with E-state index in [1.54, 1.807) is 19.9 Å². The Hall–Kier alpha value is -2.73. The molecule has 5 nitrogen and oxygen atoms in total. The second-order valence-electron chi connectivity index (χ2n) is 8.61. The van der Waals surface area contributed by atoms with Crippen molar-refractivity contribution in [2.45, 2.75) is 32.5 Å². The van der Waals surface area contributed by atoms with Crippen molar-refractivity contribution >= 4 is 34.9 Å². The van der Waals surface area contributed by atoms with Crippen LogP contribution in [0, 0.1) is 0 Å². The molecule has 0 bridgehead atoms. The summed E-state index contributed by atoms with van der Waals surface area (Å²) >= 11 is 12.9. The van der Waals surface area contributed by atoms with Gasteiger partial charge in [-0.2, -0.15) is 0 Å². The van der Waals surface area contributed by atoms with E-state index in [0.29, 0.717) is 22.4 Å². The molecule has 0 unspecified atom stereocenters. The Morgan fingerprint density at radius 3 is 2.46 bits per heavy atom. The van der Waals surface area contributed by atoms with Crippen molar-refractivity contribution in [2.75, 3.05) is 31.1 Å². The molecule has 3 aromatic carbocycles. The van der Waals surface area contributed by atoms with Crippen molar-refractivity contribution in [1.29, 1.82) is 0 Å². The zero-order chi connectivity index (χ0) is 24.8. The second kappa shape index (κ2) is 11.8. The number of ether oxygens (including phenoxy) is 2. The molecule has 184 valence electrons. The fraction of sp³-hybridized carbons (Fsp3) is 0.321. The largest absolute Gasteiger partial charge is 0.479 e. The average molecular weight is 513 g/mol. The zero-order valence-electron chi connectivity index (χ0n) is 20.0. The number of carbonyl (C=O) groups is 1. The summed E-state index contributed by atoms with van der Waals surface area (Å²) < 4.78 is 10.8. The maximum absolute atomic E-state index is 11.9. The van der Waals surface area contributed by atoms with Gasteiger partial charge < -0.3 is 14.4 Å². The molecule has 2 atom stereocenters. The fourth-order valence-corrected chi connectivity index (χ4v) is 4.79. The van der Waals surface area contributed by atoms with E-state index < -0.39 is 12.1 Å². The van der Waals surface area contributed by atoms with Crippen molar-refractivity contribution in [1.82, 2.24) is 4.90 Å². The molecule has 0 aliphatic carbocycles. The summed E-state index contributed by atoms with van der Waals surface area (Å²) in [6.45, 7) is 7.23. The van der Waals surface area contributed by atoms with Gasteiger partial charge in [-0.3, -0.25) is 4.90 Å². The zero-order valence-corrected chi connectivity index (χ0v) is 21.5. The molecule has 1 aliphatic rings. The molecule has 1 aliphatic heterocycles. The van der Waals surface area contributed by atoms with Crippen molar-refractivity contribution in [3.63, 3.8) is 0 Å². The highest BCUT2D eigenvalue weighted by Gasteiger charge is 2.30. The van der Waals surface area contributed by atoms with Gasteiger partial charge in [0.25, 0.3) is 0 Å².